The Morgan fingerprint density at radius 1 is 1.13 bits per heavy atom. The number of aliphatic hydroxyl groups excluding tert-OH is 1. The number of nitrogens with two attached hydrogens (primary N) is 1. The molecule has 7 nitrogen and oxygen atoms in total. The summed E-state index contributed by atoms with van der Waals surface area (Å²) in [5.74, 6) is -0.0117. The van der Waals surface area contributed by atoms with E-state index in [1.165, 1.54) is 11.4 Å². The molecule has 0 fully saturated rings. The van der Waals surface area contributed by atoms with E-state index in [1.807, 2.05) is 12.1 Å². The fraction of sp³-hybridized carbons (Fsp3) is 0.409. The molecule has 0 heterocycles. The van der Waals surface area contributed by atoms with Gasteiger partial charge in [-0.05, 0) is 54.8 Å². The van der Waals surface area contributed by atoms with Crippen LogP contribution < -0.4 is 11.1 Å². The first-order valence-corrected chi connectivity index (χ1v) is 11.6. The third-order valence-electron chi connectivity index (χ3n) is 4.91. The Hall–Kier alpha value is -2.42. The van der Waals surface area contributed by atoms with Gasteiger partial charge in [0, 0.05) is 31.4 Å². The summed E-state index contributed by atoms with van der Waals surface area (Å²) >= 11 is 0. The van der Waals surface area contributed by atoms with Gasteiger partial charge in [0.15, 0.2) is 0 Å². The fourth-order valence-corrected chi connectivity index (χ4v) is 4.26. The maximum absolute atomic E-state index is 12.8. The highest BCUT2D eigenvalue weighted by molar-refractivity contribution is 7.89. The quantitative estimate of drug-likeness (QED) is 0.234. The molecule has 0 saturated heterocycles. The van der Waals surface area contributed by atoms with Gasteiger partial charge in [0.2, 0.25) is 10.0 Å². The molecule has 0 aliphatic rings. The van der Waals surface area contributed by atoms with E-state index in [-0.39, 0.29) is 23.8 Å². The number of nitrogens with zero attached hydrogens (tertiary/aromatic N) is 1. The van der Waals surface area contributed by atoms with Crippen molar-refractivity contribution < 1.29 is 13.5 Å². The van der Waals surface area contributed by atoms with Crippen molar-refractivity contribution in [3.8, 4) is 0 Å². The predicted molar refractivity (Wildman–Crippen MR) is 121 cm³/mol. The summed E-state index contributed by atoms with van der Waals surface area (Å²) in [6.45, 7) is 2.31. The molecule has 0 aliphatic carbocycles. The molecule has 0 aliphatic heterocycles. The molecule has 0 bridgehead atoms. The van der Waals surface area contributed by atoms with Crippen molar-refractivity contribution in [3.63, 3.8) is 0 Å². The van der Waals surface area contributed by atoms with Gasteiger partial charge in [-0.15, -0.1) is 0 Å². The lowest BCUT2D eigenvalue weighted by Gasteiger charge is -2.21. The van der Waals surface area contributed by atoms with Crippen LogP contribution in [0.3, 0.4) is 0 Å². The second kappa shape index (κ2) is 11.1. The number of anilines is 1. The first-order valence-electron chi connectivity index (χ1n) is 10.2. The lowest BCUT2D eigenvalue weighted by Crippen LogP contribution is -2.37. The van der Waals surface area contributed by atoms with E-state index >= 15 is 0 Å². The number of aryl methyl sites for hydroxylation is 1. The van der Waals surface area contributed by atoms with Gasteiger partial charge < -0.3 is 16.2 Å². The summed E-state index contributed by atoms with van der Waals surface area (Å²) in [5.41, 5.74) is 7.92. The van der Waals surface area contributed by atoms with Crippen LogP contribution in [-0.4, -0.2) is 49.9 Å². The van der Waals surface area contributed by atoms with Crippen molar-refractivity contribution >= 4 is 21.5 Å². The first-order chi connectivity index (χ1) is 14.2. The van der Waals surface area contributed by atoms with E-state index in [2.05, 4.69) is 12.2 Å². The molecule has 1 unspecified atom stereocenters. The van der Waals surface area contributed by atoms with Crippen molar-refractivity contribution in [2.75, 3.05) is 25.5 Å². The zero-order chi connectivity index (χ0) is 22.1. The number of sulfonamides is 1. The molecule has 164 valence electrons. The maximum atomic E-state index is 12.8. The number of amidine groups is 1. The van der Waals surface area contributed by atoms with E-state index < -0.39 is 16.1 Å². The van der Waals surface area contributed by atoms with E-state index in [0.717, 1.165) is 36.9 Å². The Balaban J connectivity index is 1.89. The number of nitrogens with one attached hydrogen (secondary N) is 2. The second-order valence-electron chi connectivity index (χ2n) is 7.41. The maximum Gasteiger partial charge on any atom is 0.242 e. The summed E-state index contributed by atoms with van der Waals surface area (Å²) in [7, 11) is -2.20. The van der Waals surface area contributed by atoms with Crippen LogP contribution in [0.4, 0.5) is 5.69 Å². The average molecular weight is 433 g/mol. The van der Waals surface area contributed by atoms with Gasteiger partial charge in [0.05, 0.1) is 11.0 Å². The summed E-state index contributed by atoms with van der Waals surface area (Å²) in [4.78, 5) is 0.226. The lowest BCUT2D eigenvalue weighted by atomic mass is 10.1. The van der Waals surface area contributed by atoms with Crippen LogP contribution in [0.1, 0.15) is 37.3 Å². The standard InChI is InChI=1S/C22H32N4O3S/c1-3-4-5-6-17-7-13-21(14-8-17)30(28,29)26(2)16-20(27)15-25-19-11-9-18(10-12-19)22(23)24/h7-14,20,25,27H,3-6,15-16H2,1-2H3,(H3,23,24). The summed E-state index contributed by atoms with van der Waals surface area (Å²) in [6, 6.07) is 13.9. The molecule has 2 aromatic rings. The van der Waals surface area contributed by atoms with Crippen LogP contribution in [0.15, 0.2) is 53.4 Å². The van der Waals surface area contributed by atoms with Crippen LogP contribution in [-0.2, 0) is 16.4 Å². The minimum absolute atomic E-state index is 0.0117. The topological polar surface area (TPSA) is 120 Å². The van der Waals surface area contributed by atoms with Crippen LogP contribution >= 0.6 is 0 Å². The normalized spacial score (nSPS) is 12.7. The molecule has 5 N–H and O–H groups in total. The highest BCUT2D eigenvalue weighted by Crippen LogP contribution is 2.17. The highest BCUT2D eigenvalue weighted by Gasteiger charge is 2.23. The molecule has 0 aromatic heterocycles. The van der Waals surface area contributed by atoms with Crippen molar-refractivity contribution in [1.29, 1.82) is 5.41 Å². The van der Waals surface area contributed by atoms with Crippen molar-refractivity contribution in [1.82, 2.24) is 4.31 Å². The molecule has 30 heavy (non-hydrogen) atoms. The fourth-order valence-electron chi connectivity index (χ4n) is 3.05. The Kier molecular flexibility index (Phi) is 8.83. The van der Waals surface area contributed by atoms with Crippen molar-refractivity contribution in [3.05, 3.63) is 59.7 Å². The molecule has 0 amide bonds. The zero-order valence-electron chi connectivity index (χ0n) is 17.6. The monoisotopic (exact) mass is 432 g/mol. The highest BCUT2D eigenvalue weighted by atomic mass is 32.2. The molecule has 0 saturated carbocycles. The third-order valence-corrected chi connectivity index (χ3v) is 6.74. The van der Waals surface area contributed by atoms with Crippen molar-refractivity contribution in [2.24, 2.45) is 5.73 Å². The Morgan fingerprint density at radius 3 is 2.33 bits per heavy atom. The molecule has 1 atom stereocenters. The van der Waals surface area contributed by atoms with Gasteiger partial charge in [-0.2, -0.15) is 4.31 Å². The summed E-state index contributed by atoms with van der Waals surface area (Å²) in [6.07, 6.45) is 3.47. The number of hydrogen-bond donors (Lipinski definition) is 4. The molecule has 0 radical (unpaired) electrons. The number of hydrogen-bond acceptors (Lipinski definition) is 5. The molecular weight excluding hydrogens is 400 g/mol. The second-order valence-corrected chi connectivity index (χ2v) is 9.46. The Morgan fingerprint density at radius 2 is 1.77 bits per heavy atom. The van der Waals surface area contributed by atoms with Crippen LogP contribution in [0, 0.1) is 5.41 Å². The zero-order valence-corrected chi connectivity index (χ0v) is 18.5. The van der Waals surface area contributed by atoms with E-state index in [1.54, 1.807) is 36.4 Å². The molecule has 2 rings (SSSR count). The van der Waals surface area contributed by atoms with Gasteiger partial charge >= 0.3 is 0 Å². The number of rotatable bonds is 12. The van der Waals surface area contributed by atoms with Gasteiger partial charge in [-0.1, -0.05) is 31.9 Å². The van der Waals surface area contributed by atoms with Gasteiger partial charge in [0.25, 0.3) is 0 Å². The van der Waals surface area contributed by atoms with Gasteiger partial charge in [-0.3, -0.25) is 5.41 Å². The summed E-state index contributed by atoms with van der Waals surface area (Å²) in [5, 5.41) is 20.7. The van der Waals surface area contributed by atoms with Crippen LogP contribution in [0.2, 0.25) is 0 Å². The first kappa shape index (κ1) is 23.9. The lowest BCUT2D eigenvalue weighted by molar-refractivity contribution is 0.164. The molecule has 0 spiro atoms. The van der Waals surface area contributed by atoms with E-state index in [9.17, 15) is 13.5 Å². The summed E-state index contributed by atoms with van der Waals surface area (Å²) < 4.78 is 26.7. The van der Waals surface area contributed by atoms with E-state index in [0.29, 0.717) is 5.56 Å². The number of benzene rings is 2. The number of unbranched alkanes of at least 4 members (excludes halogenated alkanes) is 2. The van der Waals surface area contributed by atoms with E-state index in [4.69, 9.17) is 11.1 Å². The van der Waals surface area contributed by atoms with Gasteiger partial charge in [0.1, 0.15) is 5.84 Å². The average Bonchev–Trinajstić information content (AvgIpc) is 2.73. The molecule has 2 aromatic carbocycles. The number of nitrogen functional groups attached to an aromatic ring is 1. The van der Waals surface area contributed by atoms with Crippen LogP contribution in [0.25, 0.3) is 0 Å². The molecular formula is C22H32N4O3S. The molecule has 8 heteroatoms. The number of likely N-dealkylation sites (N-methyl/N-ethyl adjacent to an activating group) is 1. The third kappa shape index (κ3) is 6.83. The minimum atomic E-state index is -3.67. The van der Waals surface area contributed by atoms with Crippen LogP contribution in [0.5, 0.6) is 0 Å². The SMILES string of the molecule is CCCCCc1ccc(S(=O)(=O)N(C)CC(O)CNc2ccc(C(=N)N)cc2)cc1. The number of aliphatic hydroxyl groups is 1. The van der Waals surface area contributed by atoms with Gasteiger partial charge in [-0.25, -0.2) is 8.42 Å². The Bertz CT molecular complexity index is 912. The Labute approximate surface area is 179 Å². The smallest absolute Gasteiger partial charge is 0.242 e. The minimum Gasteiger partial charge on any atom is -0.390 e. The largest absolute Gasteiger partial charge is 0.390 e. The van der Waals surface area contributed by atoms with Crippen molar-refractivity contribution in [2.45, 2.75) is 43.6 Å². The predicted octanol–water partition coefficient (Wildman–Crippen LogP) is 2.80.